The van der Waals surface area contributed by atoms with Crippen LogP contribution in [0.5, 0.6) is 0 Å². The maximum absolute atomic E-state index is 13.0. The summed E-state index contributed by atoms with van der Waals surface area (Å²) in [5.41, 5.74) is 3.95. The van der Waals surface area contributed by atoms with Gasteiger partial charge < -0.3 is 0 Å². The van der Waals surface area contributed by atoms with Crippen molar-refractivity contribution < 1.29 is 4.79 Å². The first-order valence-electron chi connectivity index (χ1n) is 10.7. The highest BCUT2D eigenvalue weighted by molar-refractivity contribution is 5.84. The molecule has 0 unspecified atom stereocenters. The van der Waals surface area contributed by atoms with E-state index in [1.807, 2.05) is 0 Å². The Hall–Kier alpha value is -2.71. The van der Waals surface area contributed by atoms with Gasteiger partial charge in [-0.25, -0.2) is 0 Å². The number of hydrogen-bond donors (Lipinski definition) is 0. The number of nitrogens with zero attached hydrogens (tertiary/aromatic N) is 1. The monoisotopic (exact) mass is 381 g/mol. The van der Waals surface area contributed by atoms with Gasteiger partial charge in [0.25, 0.3) is 0 Å². The predicted octanol–water partition coefficient (Wildman–Crippen LogP) is 5.08. The van der Waals surface area contributed by atoms with Gasteiger partial charge in [-0.3, -0.25) is 9.69 Å². The lowest BCUT2D eigenvalue weighted by molar-refractivity contribution is -0.126. The van der Waals surface area contributed by atoms with Crippen molar-refractivity contribution in [3.63, 3.8) is 0 Å². The zero-order chi connectivity index (χ0) is 19.7. The third-order valence-electron chi connectivity index (χ3n) is 7.03. The molecule has 2 fully saturated rings. The van der Waals surface area contributed by atoms with Crippen LogP contribution in [0.3, 0.4) is 0 Å². The molecule has 0 bridgehead atoms. The molecule has 3 aromatic rings. The molecule has 1 aliphatic heterocycles. The van der Waals surface area contributed by atoms with Gasteiger partial charge in [0.1, 0.15) is 5.78 Å². The molecule has 0 radical (unpaired) electrons. The molecule has 2 nitrogen and oxygen atoms in total. The van der Waals surface area contributed by atoms with Crippen LogP contribution in [-0.2, 0) is 16.8 Å². The lowest BCUT2D eigenvalue weighted by Gasteiger charge is -2.46. The Morgan fingerprint density at radius 1 is 0.759 bits per heavy atom. The Morgan fingerprint density at radius 2 is 1.31 bits per heavy atom. The molecule has 1 aliphatic carbocycles. The quantitative estimate of drug-likeness (QED) is 0.628. The fraction of sp³-hybridized carbons (Fsp3) is 0.296. The Labute approximate surface area is 173 Å². The van der Waals surface area contributed by atoms with Crippen molar-refractivity contribution in [2.45, 2.75) is 24.8 Å². The Balaban J connectivity index is 1.56. The minimum absolute atomic E-state index is 0.0907. The molecule has 0 amide bonds. The second-order valence-corrected chi connectivity index (χ2v) is 8.56. The number of likely N-dealkylation sites (tertiary alicyclic amines) is 1. The number of carbonyl (C=O) groups is 1. The fourth-order valence-electron chi connectivity index (χ4n) is 5.73. The topological polar surface area (TPSA) is 20.3 Å². The second kappa shape index (κ2) is 7.61. The van der Waals surface area contributed by atoms with Crippen molar-refractivity contribution in [1.82, 2.24) is 4.90 Å². The van der Waals surface area contributed by atoms with E-state index in [0.717, 1.165) is 26.1 Å². The SMILES string of the molecule is O=C1CCC(c2ccccc2)(c2ccccc2)[C@@H]2CN(Cc3ccccc3)C[C@H]12. The van der Waals surface area contributed by atoms with Gasteiger partial charge in [0.15, 0.2) is 0 Å². The van der Waals surface area contributed by atoms with E-state index in [2.05, 4.69) is 95.9 Å². The zero-order valence-electron chi connectivity index (χ0n) is 16.7. The van der Waals surface area contributed by atoms with Gasteiger partial charge in [-0.15, -0.1) is 0 Å². The maximum atomic E-state index is 13.0. The van der Waals surface area contributed by atoms with Crippen molar-refractivity contribution in [2.75, 3.05) is 13.1 Å². The number of carbonyl (C=O) groups excluding carboxylic acids is 1. The molecule has 146 valence electrons. The highest BCUT2D eigenvalue weighted by atomic mass is 16.1. The summed E-state index contributed by atoms with van der Waals surface area (Å²) in [5, 5.41) is 0. The number of ketones is 1. The number of rotatable bonds is 4. The van der Waals surface area contributed by atoms with E-state index in [9.17, 15) is 4.79 Å². The Kier molecular flexibility index (Phi) is 4.81. The van der Waals surface area contributed by atoms with Gasteiger partial charge in [-0.05, 0) is 29.0 Å². The van der Waals surface area contributed by atoms with Crippen molar-refractivity contribution in [3.8, 4) is 0 Å². The summed E-state index contributed by atoms with van der Waals surface area (Å²) in [5.74, 6) is 0.887. The molecule has 5 rings (SSSR count). The van der Waals surface area contributed by atoms with E-state index in [4.69, 9.17) is 0 Å². The molecule has 0 spiro atoms. The highest BCUT2D eigenvalue weighted by Gasteiger charge is 2.54. The van der Waals surface area contributed by atoms with Gasteiger partial charge in [-0.1, -0.05) is 91.0 Å². The van der Waals surface area contributed by atoms with Crippen molar-refractivity contribution in [1.29, 1.82) is 0 Å². The summed E-state index contributed by atoms with van der Waals surface area (Å²) in [6.07, 6.45) is 1.57. The van der Waals surface area contributed by atoms with Crippen molar-refractivity contribution in [2.24, 2.45) is 11.8 Å². The average Bonchev–Trinajstić information content (AvgIpc) is 3.21. The molecule has 0 N–H and O–H groups in total. The first kappa shape index (κ1) is 18.3. The zero-order valence-corrected chi connectivity index (χ0v) is 16.7. The highest BCUT2D eigenvalue weighted by Crippen LogP contribution is 2.52. The van der Waals surface area contributed by atoms with Crippen LogP contribution in [0.2, 0.25) is 0 Å². The van der Waals surface area contributed by atoms with Gasteiger partial charge >= 0.3 is 0 Å². The molecule has 2 heteroatoms. The van der Waals surface area contributed by atoms with Crippen LogP contribution in [0.1, 0.15) is 29.5 Å². The van der Waals surface area contributed by atoms with Gasteiger partial charge in [0, 0.05) is 37.4 Å². The molecule has 3 aromatic carbocycles. The Bertz CT molecular complexity index is 928. The summed E-state index contributed by atoms with van der Waals surface area (Å²) in [4.78, 5) is 15.5. The molecule has 2 aliphatic rings. The third-order valence-corrected chi connectivity index (χ3v) is 7.03. The molecule has 1 heterocycles. The van der Waals surface area contributed by atoms with Crippen molar-refractivity contribution >= 4 is 5.78 Å². The lowest BCUT2D eigenvalue weighted by atomic mass is 9.56. The van der Waals surface area contributed by atoms with Crippen LogP contribution < -0.4 is 0 Å². The van der Waals surface area contributed by atoms with Crippen LogP contribution in [-0.4, -0.2) is 23.8 Å². The predicted molar refractivity (Wildman–Crippen MR) is 117 cm³/mol. The van der Waals surface area contributed by atoms with Gasteiger partial charge in [0.2, 0.25) is 0 Å². The molecule has 29 heavy (non-hydrogen) atoms. The number of benzene rings is 3. The summed E-state index contributed by atoms with van der Waals surface area (Å²) < 4.78 is 0. The fourth-order valence-corrected chi connectivity index (χ4v) is 5.73. The number of Topliss-reactive ketones (excluding diaryl/α,β-unsaturated/α-hetero) is 1. The van der Waals surface area contributed by atoms with Crippen LogP contribution >= 0.6 is 0 Å². The smallest absolute Gasteiger partial charge is 0.137 e. The van der Waals surface area contributed by atoms with Crippen LogP contribution in [0.4, 0.5) is 0 Å². The summed E-state index contributed by atoms with van der Waals surface area (Å²) >= 11 is 0. The first-order chi connectivity index (χ1) is 14.3. The lowest BCUT2D eigenvalue weighted by Crippen LogP contribution is -2.47. The van der Waals surface area contributed by atoms with Gasteiger partial charge in [0.05, 0.1) is 0 Å². The van der Waals surface area contributed by atoms with E-state index in [-0.39, 0.29) is 11.3 Å². The summed E-state index contributed by atoms with van der Waals surface area (Å²) in [6.45, 7) is 2.76. The summed E-state index contributed by atoms with van der Waals surface area (Å²) in [6, 6.07) is 32.4. The van der Waals surface area contributed by atoms with E-state index in [0.29, 0.717) is 18.1 Å². The molecule has 1 saturated carbocycles. The van der Waals surface area contributed by atoms with E-state index < -0.39 is 0 Å². The molecule has 1 saturated heterocycles. The minimum atomic E-state index is -0.0907. The van der Waals surface area contributed by atoms with E-state index in [1.54, 1.807) is 0 Å². The normalized spacial score (nSPS) is 23.7. The second-order valence-electron chi connectivity index (χ2n) is 8.56. The molecular formula is C27H27NO. The van der Waals surface area contributed by atoms with Crippen LogP contribution in [0.15, 0.2) is 91.0 Å². The standard InChI is InChI=1S/C27H27NO/c29-26-16-17-27(22-12-6-2-7-13-22,23-14-8-3-9-15-23)25-20-28(19-24(25)26)18-21-10-4-1-5-11-21/h1-15,24-25H,16-20H2/t24-,25+/m0/s1. The first-order valence-corrected chi connectivity index (χ1v) is 10.7. The van der Waals surface area contributed by atoms with E-state index >= 15 is 0 Å². The minimum Gasteiger partial charge on any atom is -0.299 e. The number of fused-ring (bicyclic) bond motifs is 1. The maximum Gasteiger partial charge on any atom is 0.137 e. The molecule has 0 aromatic heterocycles. The van der Waals surface area contributed by atoms with Crippen LogP contribution in [0.25, 0.3) is 0 Å². The largest absolute Gasteiger partial charge is 0.299 e. The van der Waals surface area contributed by atoms with Gasteiger partial charge in [-0.2, -0.15) is 0 Å². The molecular weight excluding hydrogens is 354 g/mol. The third kappa shape index (κ3) is 3.22. The van der Waals surface area contributed by atoms with Crippen molar-refractivity contribution in [3.05, 3.63) is 108 Å². The summed E-state index contributed by atoms with van der Waals surface area (Å²) in [7, 11) is 0. The van der Waals surface area contributed by atoms with Crippen LogP contribution in [0, 0.1) is 11.8 Å². The van der Waals surface area contributed by atoms with E-state index in [1.165, 1.54) is 16.7 Å². The average molecular weight is 382 g/mol. The molecule has 2 atom stereocenters. The number of hydrogen-bond acceptors (Lipinski definition) is 2. The Morgan fingerprint density at radius 3 is 1.90 bits per heavy atom.